The van der Waals surface area contributed by atoms with Crippen molar-refractivity contribution in [3.05, 3.63) is 63.4 Å². The van der Waals surface area contributed by atoms with Crippen LogP contribution in [0.1, 0.15) is 32.7 Å². The second-order valence-corrected chi connectivity index (χ2v) is 6.46. The molecule has 1 aliphatic heterocycles. The molecule has 0 saturated carbocycles. The minimum absolute atomic E-state index is 0.0583. The number of hydrogen-bond acceptors (Lipinski definition) is 4. The van der Waals surface area contributed by atoms with Gasteiger partial charge in [-0.05, 0) is 48.4 Å². The van der Waals surface area contributed by atoms with Crippen LogP contribution in [0, 0.1) is 5.82 Å². The molecule has 0 aliphatic carbocycles. The summed E-state index contributed by atoms with van der Waals surface area (Å²) in [5.41, 5.74) is 1.68. The molecule has 1 N–H and O–H groups in total. The zero-order chi connectivity index (χ0) is 18.0. The van der Waals surface area contributed by atoms with Gasteiger partial charge in [0.1, 0.15) is 5.82 Å². The van der Waals surface area contributed by atoms with Gasteiger partial charge in [0.15, 0.2) is 12.4 Å². The molecule has 2 aromatic carbocycles. The molecule has 0 atom stereocenters. The first kappa shape index (κ1) is 17.3. The maximum absolute atomic E-state index is 13.7. The molecule has 0 unspecified atom stereocenters. The summed E-state index contributed by atoms with van der Waals surface area (Å²) >= 11 is 3.10. The van der Waals surface area contributed by atoms with Crippen LogP contribution >= 0.6 is 15.9 Å². The molecule has 0 spiro atoms. The fourth-order valence-electron chi connectivity index (χ4n) is 2.50. The zero-order valence-electron chi connectivity index (χ0n) is 13.0. The van der Waals surface area contributed by atoms with Crippen molar-refractivity contribution in [3.8, 4) is 0 Å². The van der Waals surface area contributed by atoms with Crippen molar-refractivity contribution in [2.45, 2.75) is 12.8 Å². The number of nitrogens with one attached hydrogen (secondary N) is 1. The highest BCUT2D eigenvalue weighted by Gasteiger charge is 2.19. The Morgan fingerprint density at radius 1 is 1.16 bits per heavy atom. The van der Waals surface area contributed by atoms with Crippen LogP contribution in [0.2, 0.25) is 0 Å². The standard InChI is InChI=1S/C18H13BrFNO4/c19-12-3-4-13(14(20)8-12)18(24)25-9-16(22)11-1-5-15-10(7-11)2-6-17(23)21-15/h1,3-5,7-8H,2,6,9H2,(H,21,23). The third-order valence-electron chi connectivity index (χ3n) is 3.81. The summed E-state index contributed by atoms with van der Waals surface area (Å²) in [5.74, 6) is -2.08. The van der Waals surface area contributed by atoms with Gasteiger partial charge in [0.2, 0.25) is 5.91 Å². The molecular formula is C18H13BrFNO4. The maximum atomic E-state index is 13.7. The predicted octanol–water partition coefficient (Wildman–Crippen LogP) is 3.51. The van der Waals surface area contributed by atoms with E-state index >= 15 is 0 Å². The number of hydrogen-bond donors (Lipinski definition) is 1. The number of halogens is 2. The number of aryl methyl sites for hydroxylation is 1. The van der Waals surface area contributed by atoms with Crippen molar-refractivity contribution in [2.24, 2.45) is 0 Å². The molecule has 3 rings (SSSR count). The number of fused-ring (bicyclic) bond motifs is 1. The molecule has 0 aromatic heterocycles. The Morgan fingerprint density at radius 3 is 2.72 bits per heavy atom. The number of anilines is 1. The van der Waals surface area contributed by atoms with Gasteiger partial charge in [-0.25, -0.2) is 9.18 Å². The van der Waals surface area contributed by atoms with E-state index < -0.39 is 24.2 Å². The minimum Gasteiger partial charge on any atom is -0.454 e. The van der Waals surface area contributed by atoms with Crippen LogP contribution in [-0.4, -0.2) is 24.3 Å². The number of ether oxygens (including phenoxy) is 1. The molecule has 128 valence electrons. The molecule has 0 saturated heterocycles. The average molecular weight is 406 g/mol. The van der Waals surface area contributed by atoms with Crippen LogP contribution in [-0.2, 0) is 16.0 Å². The van der Waals surface area contributed by atoms with Gasteiger partial charge < -0.3 is 10.1 Å². The first-order valence-electron chi connectivity index (χ1n) is 7.52. The van der Waals surface area contributed by atoms with Crippen molar-refractivity contribution >= 4 is 39.3 Å². The van der Waals surface area contributed by atoms with Gasteiger partial charge in [-0.3, -0.25) is 9.59 Å². The number of amides is 1. The minimum atomic E-state index is -0.899. The Balaban J connectivity index is 1.66. The summed E-state index contributed by atoms with van der Waals surface area (Å²) in [4.78, 5) is 35.4. The average Bonchev–Trinajstić information content (AvgIpc) is 2.58. The van der Waals surface area contributed by atoms with E-state index in [1.807, 2.05) is 0 Å². The summed E-state index contributed by atoms with van der Waals surface area (Å²) in [6.45, 7) is -0.487. The van der Waals surface area contributed by atoms with E-state index in [0.717, 1.165) is 11.6 Å². The molecule has 1 heterocycles. The second kappa shape index (κ2) is 7.14. The Kier molecular flexibility index (Phi) is 4.94. The Labute approximate surface area is 151 Å². The number of benzene rings is 2. The van der Waals surface area contributed by atoms with Gasteiger partial charge in [0.25, 0.3) is 0 Å². The number of esters is 1. The smallest absolute Gasteiger partial charge is 0.341 e. The topological polar surface area (TPSA) is 72.5 Å². The van der Waals surface area contributed by atoms with E-state index in [0.29, 0.717) is 28.6 Å². The SMILES string of the molecule is O=C1CCc2cc(C(=O)COC(=O)c3ccc(Br)cc3F)ccc2N1. The van der Waals surface area contributed by atoms with Crippen molar-refractivity contribution in [1.82, 2.24) is 0 Å². The maximum Gasteiger partial charge on any atom is 0.341 e. The quantitative estimate of drug-likeness (QED) is 0.623. The summed E-state index contributed by atoms with van der Waals surface area (Å²) in [6, 6.07) is 8.82. The van der Waals surface area contributed by atoms with E-state index in [9.17, 15) is 18.8 Å². The van der Waals surface area contributed by atoms with Gasteiger partial charge >= 0.3 is 5.97 Å². The lowest BCUT2D eigenvalue weighted by molar-refractivity contribution is -0.116. The fourth-order valence-corrected chi connectivity index (χ4v) is 2.84. The molecule has 2 aromatic rings. The van der Waals surface area contributed by atoms with Gasteiger partial charge in [-0.15, -0.1) is 0 Å². The van der Waals surface area contributed by atoms with Crippen LogP contribution in [0.15, 0.2) is 40.9 Å². The van der Waals surface area contributed by atoms with E-state index in [-0.39, 0.29) is 11.5 Å². The van der Waals surface area contributed by atoms with Crippen LogP contribution in [0.4, 0.5) is 10.1 Å². The lowest BCUT2D eigenvalue weighted by Crippen LogP contribution is -2.20. The molecule has 7 heteroatoms. The third-order valence-corrected chi connectivity index (χ3v) is 4.30. The zero-order valence-corrected chi connectivity index (χ0v) is 14.6. The number of carbonyl (C=O) groups is 3. The van der Waals surface area contributed by atoms with Crippen molar-refractivity contribution in [1.29, 1.82) is 0 Å². The van der Waals surface area contributed by atoms with Crippen LogP contribution in [0.25, 0.3) is 0 Å². The molecular weight excluding hydrogens is 393 g/mol. The summed E-state index contributed by atoms with van der Waals surface area (Å²) in [5, 5.41) is 2.73. The Morgan fingerprint density at radius 2 is 1.96 bits per heavy atom. The van der Waals surface area contributed by atoms with Crippen LogP contribution in [0.5, 0.6) is 0 Å². The van der Waals surface area contributed by atoms with E-state index in [2.05, 4.69) is 21.2 Å². The number of carbonyl (C=O) groups excluding carboxylic acids is 3. The highest BCUT2D eigenvalue weighted by atomic mass is 79.9. The fraction of sp³-hybridized carbons (Fsp3) is 0.167. The molecule has 1 aliphatic rings. The normalized spacial score (nSPS) is 13.0. The molecule has 0 radical (unpaired) electrons. The van der Waals surface area contributed by atoms with Crippen molar-refractivity contribution < 1.29 is 23.5 Å². The second-order valence-electron chi connectivity index (χ2n) is 5.54. The highest BCUT2D eigenvalue weighted by Crippen LogP contribution is 2.24. The third kappa shape index (κ3) is 3.93. The predicted molar refractivity (Wildman–Crippen MR) is 92.1 cm³/mol. The largest absolute Gasteiger partial charge is 0.454 e. The van der Waals surface area contributed by atoms with Crippen molar-refractivity contribution in [3.63, 3.8) is 0 Å². The first-order chi connectivity index (χ1) is 11.9. The first-order valence-corrected chi connectivity index (χ1v) is 8.31. The Bertz CT molecular complexity index is 881. The summed E-state index contributed by atoms with van der Waals surface area (Å²) < 4.78 is 19.1. The summed E-state index contributed by atoms with van der Waals surface area (Å²) in [7, 11) is 0. The lowest BCUT2D eigenvalue weighted by atomic mass is 9.99. The van der Waals surface area contributed by atoms with E-state index in [4.69, 9.17) is 4.74 Å². The van der Waals surface area contributed by atoms with Gasteiger partial charge in [0, 0.05) is 22.1 Å². The van der Waals surface area contributed by atoms with Crippen LogP contribution < -0.4 is 5.32 Å². The number of ketones is 1. The summed E-state index contributed by atoms with van der Waals surface area (Å²) in [6.07, 6.45) is 0.911. The molecule has 0 bridgehead atoms. The van der Waals surface area contributed by atoms with E-state index in [1.54, 1.807) is 18.2 Å². The molecule has 1 amide bonds. The molecule has 0 fully saturated rings. The van der Waals surface area contributed by atoms with Crippen molar-refractivity contribution in [2.75, 3.05) is 11.9 Å². The van der Waals surface area contributed by atoms with Gasteiger partial charge in [0.05, 0.1) is 5.56 Å². The van der Waals surface area contributed by atoms with Crippen LogP contribution in [0.3, 0.4) is 0 Å². The molecule has 25 heavy (non-hydrogen) atoms. The van der Waals surface area contributed by atoms with Gasteiger partial charge in [-0.2, -0.15) is 0 Å². The van der Waals surface area contributed by atoms with E-state index in [1.165, 1.54) is 12.1 Å². The lowest BCUT2D eigenvalue weighted by Gasteiger charge is -2.17. The molecule has 5 nitrogen and oxygen atoms in total. The Hall–Kier alpha value is -2.54. The monoisotopic (exact) mass is 405 g/mol. The number of rotatable bonds is 4. The highest BCUT2D eigenvalue weighted by molar-refractivity contribution is 9.10. The van der Waals surface area contributed by atoms with Gasteiger partial charge in [-0.1, -0.05) is 15.9 Å². The number of Topliss-reactive ketones (excluding diaryl/α,β-unsaturated/α-hetero) is 1.